The predicted octanol–water partition coefficient (Wildman–Crippen LogP) is 1.83. The van der Waals surface area contributed by atoms with E-state index in [1.165, 1.54) is 45.2 Å². The van der Waals surface area contributed by atoms with E-state index in [0.29, 0.717) is 6.04 Å². The molecule has 2 rings (SSSR count). The molecule has 1 aliphatic heterocycles. The second kappa shape index (κ2) is 7.73. The summed E-state index contributed by atoms with van der Waals surface area (Å²) in [7, 11) is 0. The third-order valence-electron chi connectivity index (χ3n) is 4.16. The van der Waals surface area contributed by atoms with E-state index in [9.17, 15) is 0 Å². The van der Waals surface area contributed by atoms with E-state index in [1.807, 2.05) is 0 Å². The summed E-state index contributed by atoms with van der Waals surface area (Å²) in [5, 5.41) is 6.86. The lowest BCUT2D eigenvalue weighted by Crippen LogP contribution is -2.39. The van der Waals surface area contributed by atoms with Crippen LogP contribution in [-0.4, -0.2) is 49.6 Å². The van der Waals surface area contributed by atoms with Crippen LogP contribution in [0, 0.1) is 5.92 Å². The first-order valence-corrected chi connectivity index (χ1v) is 8.07. The summed E-state index contributed by atoms with van der Waals surface area (Å²) in [5.74, 6) is 1.82. The maximum absolute atomic E-state index is 4.71. The van der Waals surface area contributed by atoms with Crippen molar-refractivity contribution in [1.29, 1.82) is 0 Å². The molecule has 0 aromatic carbocycles. The van der Waals surface area contributed by atoms with Crippen molar-refractivity contribution in [3.63, 3.8) is 0 Å². The number of nitrogens with zero attached hydrogens (tertiary/aromatic N) is 2. The first kappa shape index (κ1) is 14.6. The molecule has 2 fully saturated rings. The van der Waals surface area contributed by atoms with Gasteiger partial charge in [0.25, 0.3) is 0 Å². The molecule has 4 nitrogen and oxygen atoms in total. The normalized spacial score (nSPS) is 28.8. The quantitative estimate of drug-likeness (QED) is 0.589. The molecule has 2 aliphatic rings. The molecule has 0 spiro atoms. The van der Waals surface area contributed by atoms with Gasteiger partial charge < -0.3 is 15.5 Å². The molecular formula is C15H30N4. The molecule has 0 aromatic heterocycles. The topological polar surface area (TPSA) is 39.7 Å². The molecule has 19 heavy (non-hydrogen) atoms. The minimum atomic E-state index is 0.649. The van der Waals surface area contributed by atoms with Crippen LogP contribution in [0.4, 0.5) is 0 Å². The summed E-state index contributed by atoms with van der Waals surface area (Å²) in [6.07, 6.45) is 6.83. The van der Waals surface area contributed by atoms with E-state index in [1.54, 1.807) is 0 Å². The zero-order valence-corrected chi connectivity index (χ0v) is 12.6. The third kappa shape index (κ3) is 5.39. The minimum absolute atomic E-state index is 0.649. The lowest BCUT2D eigenvalue weighted by atomic mass is 10.2. The van der Waals surface area contributed by atoms with Crippen molar-refractivity contribution in [1.82, 2.24) is 15.5 Å². The zero-order valence-electron chi connectivity index (χ0n) is 12.6. The summed E-state index contributed by atoms with van der Waals surface area (Å²) in [5.41, 5.74) is 0. The summed E-state index contributed by atoms with van der Waals surface area (Å²) < 4.78 is 0. The summed E-state index contributed by atoms with van der Waals surface area (Å²) in [4.78, 5) is 7.27. The number of rotatable bonds is 5. The molecule has 1 heterocycles. The van der Waals surface area contributed by atoms with Crippen LogP contribution in [0.15, 0.2) is 4.99 Å². The van der Waals surface area contributed by atoms with Crippen molar-refractivity contribution >= 4 is 5.96 Å². The van der Waals surface area contributed by atoms with Gasteiger partial charge in [0.1, 0.15) is 0 Å². The van der Waals surface area contributed by atoms with E-state index in [0.717, 1.165) is 31.5 Å². The smallest absolute Gasteiger partial charge is 0.191 e. The maximum Gasteiger partial charge on any atom is 0.191 e. The highest BCUT2D eigenvalue weighted by Crippen LogP contribution is 2.28. The van der Waals surface area contributed by atoms with Gasteiger partial charge in [0.15, 0.2) is 5.96 Å². The third-order valence-corrected chi connectivity index (χ3v) is 4.16. The molecule has 2 atom stereocenters. The van der Waals surface area contributed by atoms with Gasteiger partial charge >= 0.3 is 0 Å². The van der Waals surface area contributed by atoms with Crippen molar-refractivity contribution < 1.29 is 0 Å². The Kier molecular flexibility index (Phi) is 5.95. The van der Waals surface area contributed by atoms with Crippen molar-refractivity contribution in [3.05, 3.63) is 0 Å². The fourth-order valence-electron chi connectivity index (χ4n) is 2.68. The van der Waals surface area contributed by atoms with Gasteiger partial charge in [0.2, 0.25) is 0 Å². The monoisotopic (exact) mass is 266 g/mol. The Morgan fingerprint density at radius 3 is 2.47 bits per heavy atom. The number of likely N-dealkylation sites (tertiary alicyclic amines) is 1. The van der Waals surface area contributed by atoms with Gasteiger partial charge in [-0.25, -0.2) is 0 Å². The van der Waals surface area contributed by atoms with E-state index in [2.05, 4.69) is 29.4 Å². The molecular weight excluding hydrogens is 236 g/mol. The van der Waals surface area contributed by atoms with Crippen molar-refractivity contribution in [2.24, 2.45) is 10.9 Å². The van der Waals surface area contributed by atoms with E-state index in [-0.39, 0.29) is 0 Å². The van der Waals surface area contributed by atoms with Crippen LogP contribution in [0.2, 0.25) is 0 Å². The van der Waals surface area contributed by atoms with Crippen LogP contribution in [0.3, 0.4) is 0 Å². The summed E-state index contributed by atoms with van der Waals surface area (Å²) in [6, 6.07) is 0.649. The molecule has 0 aromatic rings. The van der Waals surface area contributed by atoms with Gasteiger partial charge in [-0.1, -0.05) is 19.8 Å². The first-order valence-electron chi connectivity index (χ1n) is 8.07. The zero-order chi connectivity index (χ0) is 13.5. The standard InChI is InChI=1S/C15H30N4/c1-3-16-15(18-14-12-13(14)2)17-8-11-19-9-6-4-5-7-10-19/h13-14H,3-12H2,1-2H3,(H2,16,17,18). The van der Waals surface area contributed by atoms with Crippen molar-refractivity contribution in [2.45, 2.75) is 52.0 Å². The average molecular weight is 266 g/mol. The molecule has 110 valence electrons. The van der Waals surface area contributed by atoms with Gasteiger partial charge in [-0.15, -0.1) is 0 Å². The van der Waals surface area contributed by atoms with Gasteiger partial charge in [0, 0.05) is 19.1 Å². The van der Waals surface area contributed by atoms with E-state index >= 15 is 0 Å². The second-order valence-electron chi connectivity index (χ2n) is 5.98. The fourth-order valence-corrected chi connectivity index (χ4v) is 2.68. The highest BCUT2D eigenvalue weighted by Gasteiger charge is 2.33. The Bertz CT molecular complexity index is 282. The molecule has 1 saturated carbocycles. The number of hydrogen-bond acceptors (Lipinski definition) is 2. The fraction of sp³-hybridized carbons (Fsp3) is 0.933. The van der Waals surface area contributed by atoms with Crippen LogP contribution in [0.5, 0.6) is 0 Å². The van der Waals surface area contributed by atoms with Crippen LogP contribution in [0.1, 0.15) is 46.0 Å². The lowest BCUT2D eigenvalue weighted by molar-refractivity contribution is 0.293. The van der Waals surface area contributed by atoms with Gasteiger partial charge in [0.05, 0.1) is 6.54 Å². The molecule has 1 aliphatic carbocycles. The largest absolute Gasteiger partial charge is 0.357 e. The van der Waals surface area contributed by atoms with Crippen LogP contribution >= 0.6 is 0 Å². The predicted molar refractivity (Wildman–Crippen MR) is 81.6 cm³/mol. The summed E-state index contributed by atoms with van der Waals surface area (Å²) in [6.45, 7) is 9.91. The van der Waals surface area contributed by atoms with Crippen LogP contribution in [0.25, 0.3) is 0 Å². The van der Waals surface area contributed by atoms with Crippen molar-refractivity contribution in [3.8, 4) is 0 Å². The molecule has 0 bridgehead atoms. The number of aliphatic imine (C=N–C) groups is 1. The Hall–Kier alpha value is -0.770. The van der Waals surface area contributed by atoms with Crippen LogP contribution in [-0.2, 0) is 0 Å². The van der Waals surface area contributed by atoms with E-state index in [4.69, 9.17) is 4.99 Å². The Morgan fingerprint density at radius 2 is 1.89 bits per heavy atom. The highest BCUT2D eigenvalue weighted by molar-refractivity contribution is 5.80. The summed E-state index contributed by atoms with van der Waals surface area (Å²) >= 11 is 0. The van der Waals surface area contributed by atoms with Crippen LogP contribution < -0.4 is 10.6 Å². The lowest BCUT2D eigenvalue weighted by Gasteiger charge is -2.18. The van der Waals surface area contributed by atoms with Gasteiger partial charge in [-0.3, -0.25) is 4.99 Å². The molecule has 0 amide bonds. The number of guanidine groups is 1. The molecule has 2 N–H and O–H groups in total. The Balaban J connectivity index is 1.70. The van der Waals surface area contributed by atoms with Gasteiger partial charge in [-0.05, 0) is 45.2 Å². The Morgan fingerprint density at radius 1 is 1.21 bits per heavy atom. The molecule has 1 saturated heterocycles. The highest BCUT2D eigenvalue weighted by atomic mass is 15.2. The van der Waals surface area contributed by atoms with Crippen molar-refractivity contribution in [2.75, 3.05) is 32.7 Å². The average Bonchev–Trinajstić information content (AvgIpc) is 3.13. The van der Waals surface area contributed by atoms with E-state index < -0.39 is 0 Å². The van der Waals surface area contributed by atoms with Gasteiger partial charge in [-0.2, -0.15) is 0 Å². The molecule has 2 unspecified atom stereocenters. The second-order valence-corrected chi connectivity index (χ2v) is 5.98. The Labute approximate surface area is 118 Å². The number of nitrogens with one attached hydrogen (secondary N) is 2. The minimum Gasteiger partial charge on any atom is -0.357 e. The number of hydrogen-bond donors (Lipinski definition) is 2. The SMILES string of the molecule is CCNC(=NCCN1CCCCCC1)NC1CC1C. The maximum atomic E-state index is 4.71. The molecule has 4 heteroatoms. The first-order chi connectivity index (χ1) is 9.29. The molecule has 0 radical (unpaired) electrons.